The predicted molar refractivity (Wildman–Crippen MR) is 136 cm³/mol. The average Bonchev–Trinajstić information content (AvgIpc) is 2.85. The number of nitrogens with zero attached hydrogens (tertiary/aromatic N) is 1. The van der Waals surface area contributed by atoms with E-state index in [9.17, 15) is 13.2 Å². The number of rotatable bonds is 7. The molecule has 5 heteroatoms. The van der Waals surface area contributed by atoms with Crippen molar-refractivity contribution in [2.24, 2.45) is 5.92 Å². The molecule has 2 nitrogen and oxygen atoms in total. The predicted octanol–water partition coefficient (Wildman–Crippen LogP) is 8.25. The highest BCUT2D eigenvalue weighted by molar-refractivity contribution is 5.85. The fourth-order valence-electron chi connectivity index (χ4n) is 4.50. The van der Waals surface area contributed by atoms with Gasteiger partial charge in [-0.15, -0.1) is 6.58 Å². The van der Waals surface area contributed by atoms with E-state index in [-0.39, 0.29) is 0 Å². The molecule has 1 heterocycles. The minimum absolute atomic E-state index is 0.657. The second kappa shape index (κ2) is 10.2. The van der Waals surface area contributed by atoms with Gasteiger partial charge in [-0.3, -0.25) is 0 Å². The van der Waals surface area contributed by atoms with E-state index < -0.39 is 11.7 Å². The highest BCUT2D eigenvalue weighted by Gasteiger charge is 2.30. The molecule has 176 valence electrons. The van der Waals surface area contributed by atoms with Crippen LogP contribution in [0.15, 0.2) is 92.0 Å². The van der Waals surface area contributed by atoms with Gasteiger partial charge in [-0.25, -0.2) is 0 Å². The van der Waals surface area contributed by atoms with Crippen molar-refractivity contribution in [2.45, 2.75) is 25.4 Å². The van der Waals surface area contributed by atoms with Crippen LogP contribution < -0.4 is 10.2 Å². The Balaban J connectivity index is 1.45. The summed E-state index contributed by atoms with van der Waals surface area (Å²) in [6, 6.07) is 21.1. The summed E-state index contributed by atoms with van der Waals surface area (Å²) in [7, 11) is 0. The molecule has 0 atom stereocenters. The number of anilines is 2. The zero-order valence-electron chi connectivity index (χ0n) is 19.1. The molecule has 0 radical (unpaired) electrons. The van der Waals surface area contributed by atoms with Crippen molar-refractivity contribution in [1.29, 1.82) is 0 Å². The number of halogens is 3. The van der Waals surface area contributed by atoms with E-state index in [0.29, 0.717) is 11.3 Å². The molecule has 1 aliphatic heterocycles. The minimum atomic E-state index is -4.35. The van der Waals surface area contributed by atoms with Crippen molar-refractivity contribution in [3.05, 3.63) is 103 Å². The van der Waals surface area contributed by atoms with E-state index in [1.54, 1.807) is 0 Å². The molecule has 3 aromatic carbocycles. The number of benzene rings is 3. The zero-order chi connectivity index (χ0) is 24.1. The van der Waals surface area contributed by atoms with Crippen LogP contribution in [-0.2, 0) is 6.18 Å². The maximum absolute atomic E-state index is 12.9. The molecular formula is C29H29F3N2. The van der Waals surface area contributed by atoms with Gasteiger partial charge in [0.25, 0.3) is 0 Å². The summed E-state index contributed by atoms with van der Waals surface area (Å²) in [6.45, 7) is 10.2. The molecule has 0 unspecified atom stereocenters. The van der Waals surface area contributed by atoms with Gasteiger partial charge >= 0.3 is 6.18 Å². The molecule has 0 amide bonds. The van der Waals surface area contributed by atoms with Crippen molar-refractivity contribution in [3.8, 4) is 11.1 Å². The SMILES string of the molecule is C=CCC1CCN(c2ccc(NC(=C)c3ccccc3-c3ccc(C(F)(F)F)cc3)cc2)CC1. The van der Waals surface area contributed by atoms with Gasteiger partial charge in [0.05, 0.1) is 5.56 Å². The highest BCUT2D eigenvalue weighted by Crippen LogP contribution is 2.34. The molecule has 3 aromatic rings. The van der Waals surface area contributed by atoms with E-state index >= 15 is 0 Å². The molecule has 0 spiro atoms. The number of allylic oxidation sites excluding steroid dienone is 1. The maximum Gasteiger partial charge on any atom is 0.416 e. The first-order valence-corrected chi connectivity index (χ1v) is 11.5. The molecular weight excluding hydrogens is 433 g/mol. The van der Waals surface area contributed by atoms with Gasteiger partial charge in [0.15, 0.2) is 0 Å². The van der Waals surface area contributed by atoms with Crippen LogP contribution in [0.2, 0.25) is 0 Å². The number of hydrogen-bond acceptors (Lipinski definition) is 2. The normalized spacial score (nSPS) is 14.6. The standard InChI is InChI=1S/C29H29F3N2/c1-3-6-22-17-19-34(20-18-22)26-15-13-25(14-16-26)33-21(2)27-7-4-5-8-28(27)23-9-11-24(12-10-23)29(30,31)32/h3-5,7-16,22,33H,1-2,6,17-20H2. The topological polar surface area (TPSA) is 15.3 Å². The fourth-order valence-corrected chi connectivity index (χ4v) is 4.50. The van der Waals surface area contributed by atoms with Gasteiger partial charge in [-0.1, -0.05) is 49.1 Å². The highest BCUT2D eigenvalue weighted by atomic mass is 19.4. The maximum atomic E-state index is 12.9. The lowest BCUT2D eigenvalue weighted by Crippen LogP contribution is -2.33. The third kappa shape index (κ3) is 5.53. The van der Waals surface area contributed by atoms with Gasteiger partial charge < -0.3 is 10.2 Å². The van der Waals surface area contributed by atoms with Gasteiger partial charge in [0.2, 0.25) is 0 Å². The average molecular weight is 463 g/mol. The van der Waals surface area contributed by atoms with Crippen LogP contribution in [0.3, 0.4) is 0 Å². The molecule has 1 aliphatic rings. The summed E-state index contributed by atoms with van der Waals surface area (Å²) in [4.78, 5) is 2.41. The molecule has 34 heavy (non-hydrogen) atoms. The largest absolute Gasteiger partial charge is 0.416 e. The number of alkyl halides is 3. The smallest absolute Gasteiger partial charge is 0.372 e. The number of hydrogen-bond donors (Lipinski definition) is 1. The summed E-state index contributed by atoms with van der Waals surface area (Å²) in [6.07, 6.45) is 1.13. The van der Waals surface area contributed by atoms with E-state index in [1.807, 2.05) is 42.5 Å². The minimum Gasteiger partial charge on any atom is -0.372 e. The first kappa shape index (κ1) is 23.7. The zero-order valence-corrected chi connectivity index (χ0v) is 19.1. The van der Waals surface area contributed by atoms with Gasteiger partial charge in [0.1, 0.15) is 0 Å². The Bertz CT molecular complexity index is 1120. The summed E-state index contributed by atoms with van der Waals surface area (Å²) in [5.41, 5.74) is 4.53. The van der Waals surface area contributed by atoms with Crippen molar-refractivity contribution in [2.75, 3.05) is 23.3 Å². The van der Waals surface area contributed by atoms with Crippen LogP contribution in [-0.4, -0.2) is 13.1 Å². The molecule has 0 aromatic heterocycles. The van der Waals surface area contributed by atoms with E-state index in [4.69, 9.17) is 0 Å². The first-order chi connectivity index (χ1) is 16.3. The second-order valence-corrected chi connectivity index (χ2v) is 8.73. The Morgan fingerprint density at radius 3 is 2.21 bits per heavy atom. The second-order valence-electron chi connectivity index (χ2n) is 8.73. The van der Waals surface area contributed by atoms with E-state index in [2.05, 4.69) is 35.5 Å². The molecule has 1 N–H and O–H groups in total. The van der Waals surface area contributed by atoms with Gasteiger partial charge in [-0.05, 0) is 72.7 Å². The lowest BCUT2D eigenvalue weighted by molar-refractivity contribution is -0.137. The first-order valence-electron chi connectivity index (χ1n) is 11.5. The number of nitrogens with one attached hydrogen (secondary N) is 1. The fraction of sp³-hybridized carbons (Fsp3) is 0.241. The van der Waals surface area contributed by atoms with E-state index in [0.717, 1.165) is 54.4 Å². The Labute approximate surface area is 199 Å². The van der Waals surface area contributed by atoms with Crippen LogP contribution in [0.5, 0.6) is 0 Å². The van der Waals surface area contributed by atoms with Crippen molar-refractivity contribution >= 4 is 17.1 Å². The summed E-state index contributed by atoms with van der Waals surface area (Å²) < 4.78 is 38.8. The lowest BCUT2D eigenvalue weighted by atomic mass is 9.93. The van der Waals surface area contributed by atoms with Crippen LogP contribution >= 0.6 is 0 Å². The van der Waals surface area contributed by atoms with Crippen LogP contribution in [0.4, 0.5) is 24.5 Å². The van der Waals surface area contributed by atoms with Crippen LogP contribution in [0.25, 0.3) is 16.8 Å². The van der Waals surface area contributed by atoms with E-state index in [1.165, 1.54) is 30.7 Å². The van der Waals surface area contributed by atoms with Crippen molar-refractivity contribution < 1.29 is 13.2 Å². The van der Waals surface area contributed by atoms with Crippen molar-refractivity contribution in [3.63, 3.8) is 0 Å². The third-order valence-electron chi connectivity index (χ3n) is 6.42. The molecule has 1 saturated heterocycles. The summed E-state index contributed by atoms with van der Waals surface area (Å²) >= 11 is 0. The van der Waals surface area contributed by atoms with Gasteiger partial charge in [0, 0.05) is 35.7 Å². The molecule has 0 saturated carbocycles. The quantitative estimate of drug-likeness (QED) is 0.356. The van der Waals surface area contributed by atoms with Crippen LogP contribution in [0.1, 0.15) is 30.4 Å². The summed E-state index contributed by atoms with van der Waals surface area (Å²) in [5.74, 6) is 0.739. The Kier molecular flexibility index (Phi) is 7.11. The lowest BCUT2D eigenvalue weighted by Gasteiger charge is -2.33. The third-order valence-corrected chi connectivity index (χ3v) is 6.42. The summed E-state index contributed by atoms with van der Waals surface area (Å²) in [5, 5.41) is 3.35. The molecule has 0 bridgehead atoms. The monoisotopic (exact) mass is 462 g/mol. The van der Waals surface area contributed by atoms with Gasteiger partial charge in [-0.2, -0.15) is 13.2 Å². The van der Waals surface area contributed by atoms with Crippen LogP contribution in [0, 0.1) is 5.92 Å². The van der Waals surface area contributed by atoms with Crippen molar-refractivity contribution in [1.82, 2.24) is 0 Å². The molecule has 4 rings (SSSR count). The molecule has 0 aliphatic carbocycles. The molecule has 1 fully saturated rings. The Morgan fingerprint density at radius 1 is 0.941 bits per heavy atom. The Hall–Kier alpha value is -3.47. The Morgan fingerprint density at radius 2 is 1.59 bits per heavy atom. The number of piperidine rings is 1.